The largest absolute Gasteiger partial charge is 0.451 e. The second-order valence-electron chi connectivity index (χ2n) is 4.60. The molecule has 1 saturated heterocycles. The number of hydrogen-bond donors (Lipinski definition) is 0. The number of benzene rings is 1. The maximum Gasteiger partial charge on any atom is 0.290 e. The summed E-state index contributed by atoms with van der Waals surface area (Å²) >= 11 is 5.97. The summed E-state index contributed by atoms with van der Waals surface area (Å²) in [5.41, 5.74) is 1.53. The number of morpholine rings is 1. The number of aryl methyl sites for hydroxylation is 1. The monoisotopic (exact) mass is 279 g/mol. The van der Waals surface area contributed by atoms with Crippen LogP contribution in [0.15, 0.2) is 22.6 Å². The fourth-order valence-electron chi connectivity index (χ4n) is 2.31. The second kappa shape index (κ2) is 4.87. The van der Waals surface area contributed by atoms with Crippen molar-refractivity contribution in [3.05, 3.63) is 34.5 Å². The minimum atomic E-state index is -0.0758. The van der Waals surface area contributed by atoms with Crippen LogP contribution in [0.4, 0.5) is 0 Å². The standard InChI is InChI=1S/C14H14ClNO3/c1-9-11-8-10(15)2-3-12(11)19-13(9)14(17)16-4-6-18-7-5-16/h2-3,8H,4-7H2,1H3. The van der Waals surface area contributed by atoms with Crippen molar-refractivity contribution >= 4 is 28.5 Å². The smallest absolute Gasteiger partial charge is 0.290 e. The molecule has 0 radical (unpaired) electrons. The van der Waals surface area contributed by atoms with Crippen LogP contribution in [0.2, 0.25) is 5.02 Å². The van der Waals surface area contributed by atoms with Crippen molar-refractivity contribution in [3.8, 4) is 0 Å². The third-order valence-corrected chi connectivity index (χ3v) is 3.63. The number of carbonyl (C=O) groups excluding carboxylic acids is 1. The molecular weight excluding hydrogens is 266 g/mol. The number of ether oxygens (including phenoxy) is 1. The van der Waals surface area contributed by atoms with E-state index in [9.17, 15) is 4.79 Å². The molecule has 0 saturated carbocycles. The Morgan fingerprint density at radius 1 is 1.32 bits per heavy atom. The van der Waals surface area contributed by atoms with Crippen LogP contribution < -0.4 is 0 Å². The Bertz CT molecular complexity index is 629. The predicted molar refractivity (Wildman–Crippen MR) is 72.7 cm³/mol. The van der Waals surface area contributed by atoms with Gasteiger partial charge in [-0.25, -0.2) is 0 Å². The first kappa shape index (κ1) is 12.5. The van der Waals surface area contributed by atoms with E-state index >= 15 is 0 Å². The average molecular weight is 280 g/mol. The van der Waals surface area contributed by atoms with Crippen LogP contribution in [0.25, 0.3) is 11.0 Å². The van der Waals surface area contributed by atoms with E-state index in [0.717, 1.165) is 10.9 Å². The quantitative estimate of drug-likeness (QED) is 0.806. The number of amides is 1. The molecule has 0 atom stereocenters. The molecule has 0 bridgehead atoms. The van der Waals surface area contributed by atoms with Crippen molar-refractivity contribution in [1.29, 1.82) is 0 Å². The molecule has 1 aliphatic rings. The zero-order chi connectivity index (χ0) is 13.4. The van der Waals surface area contributed by atoms with Gasteiger partial charge in [0.15, 0.2) is 5.76 Å². The molecule has 19 heavy (non-hydrogen) atoms. The molecular formula is C14H14ClNO3. The molecule has 2 aromatic rings. The summed E-state index contributed by atoms with van der Waals surface area (Å²) in [6.07, 6.45) is 0. The highest BCUT2D eigenvalue weighted by atomic mass is 35.5. The number of rotatable bonds is 1. The van der Waals surface area contributed by atoms with Crippen molar-refractivity contribution in [2.45, 2.75) is 6.92 Å². The first-order chi connectivity index (χ1) is 9.16. The van der Waals surface area contributed by atoms with Crippen molar-refractivity contribution in [3.63, 3.8) is 0 Å². The summed E-state index contributed by atoms with van der Waals surface area (Å²) in [5.74, 6) is 0.326. The fourth-order valence-corrected chi connectivity index (χ4v) is 2.48. The average Bonchev–Trinajstić information content (AvgIpc) is 2.76. The van der Waals surface area contributed by atoms with Crippen molar-refractivity contribution in [2.24, 2.45) is 0 Å². The van der Waals surface area contributed by atoms with E-state index in [0.29, 0.717) is 42.7 Å². The Balaban J connectivity index is 2.00. The Morgan fingerprint density at radius 2 is 2.05 bits per heavy atom. The SMILES string of the molecule is Cc1c(C(=O)N2CCOCC2)oc2ccc(Cl)cc12. The third-order valence-electron chi connectivity index (χ3n) is 3.39. The summed E-state index contributed by atoms with van der Waals surface area (Å²) in [6.45, 7) is 4.26. The third kappa shape index (κ3) is 2.22. The van der Waals surface area contributed by atoms with E-state index in [1.165, 1.54) is 0 Å². The van der Waals surface area contributed by atoms with E-state index in [-0.39, 0.29) is 5.91 Å². The molecule has 1 aliphatic heterocycles. The van der Waals surface area contributed by atoms with Crippen LogP contribution in [0.3, 0.4) is 0 Å². The molecule has 4 nitrogen and oxygen atoms in total. The molecule has 3 rings (SSSR count). The number of fused-ring (bicyclic) bond motifs is 1. The molecule has 5 heteroatoms. The molecule has 1 amide bonds. The number of nitrogens with zero attached hydrogens (tertiary/aromatic N) is 1. The zero-order valence-electron chi connectivity index (χ0n) is 10.6. The van der Waals surface area contributed by atoms with Gasteiger partial charge in [0, 0.05) is 29.1 Å². The maximum atomic E-state index is 12.4. The van der Waals surface area contributed by atoms with E-state index in [4.69, 9.17) is 20.8 Å². The van der Waals surface area contributed by atoms with Gasteiger partial charge in [0.2, 0.25) is 0 Å². The molecule has 0 unspecified atom stereocenters. The first-order valence-electron chi connectivity index (χ1n) is 6.22. The Labute approximate surface area is 115 Å². The van der Waals surface area contributed by atoms with Crippen molar-refractivity contribution in [2.75, 3.05) is 26.3 Å². The van der Waals surface area contributed by atoms with Gasteiger partial charge >= 0.3 is 0 Å². The molecule has 1 fully saturated rings. The van der Waals surface area contributed by atoms with Gasteiger partial charge in [0.1, 0.15) is 5.58 Å². The highest BCUT2D eigenvalue weighted by Gasteiger charge is 2.24. The summed E-state index contributed by atoms with van der Waals surface area (Å²) < 4.78 is 10.9. The first-order valence-corrected chi connectivity index (χ1v) is 6.60. The van der Waals surface area contributed by atoms with Gasteiger partial charge in [-0.2, -0.15) is 0 Å². The summed E-state index contributed by atoms with van der Waals surface area (Å²) in [5, 5.41) is 1.53. The Kier molecular flexibility index (Phi) is 3.21. The predicted octanol–water partition coefficient (Wildman–Crippen LogP) is 2.87. The van der Waals surface area contributed by atoms with Gasteiger partial charge in [-0.1, -0.05) is 11.6 Å². The lowest BCUT2D eigenvalue weighted by atomic mass is 10.1. The van der Waals surface area contributed by atoms with Gasteiger partial charge in [-0.3, -0.25) is 4.79 Å². The second-order valence-corrected chi connectivity index (χ2v) is 5.04. The normalized spacial score (nSPS) is 16.0. The highest BCUT2D eigenvalue weighted by Crippen LogP contribution is 2.28. The topological polar surface area (TPSA) is 42.7 Å². The van der Waals surface area contributed by atoms with Crippen LogP contribution >= 0.6 is 11.6 Å². The van der Waals surface area contributed by atoms with Crippen LogP contribution in [-0.2, 0) is 4.74 Å². The number of hydrogen-bond acceptors (Lipinski definition) is 3. The van der Waals surface area contributed by atoms with Gasteiger partial charge < -0.3 is 14.1 Å². The van der Waals surface area contributed by atoms with Crippen LogP contribution in [0.5, 0.6) is 0 Å². The summed E-state index contributed by atoms with van der Waals surface area (Å²) in [6, 6.07) is 5.38. The molecule has 0 aliphatic carbocycles. The minimum Gasteiger partial charge on any atom is -0.451 e. The van der Waals surface area contributed by atoms with E-state index in [2.05, 4.69) is 0 Å². The minimum absolute atomic E-state index is 0.0758. The van der Waals surface area contributed by atoms with Gasteiger partial charge in [-0.15, -0.1) is 0 Å². The molecule has 1 aromatic heterocycles. The van der Waals surface area contributed by atoms with Crippen LogP contribution in [-0.4, -0.2) is 37.1 Å². The zero-order valence-corrected chi connectivity index (χ0v) is 11.4. The maximum absolute atomic E-state index is 12.4. The Morgan fingerprint density at radius 3 is 2.79 bits per heavy atom. The number of carbonyl (C=O) groups is 1. The van der Waals surface area contributed by atoms with Crippen molar-refractivity contribution < 1.29 is 13.9 Å². The summed E-state index contributed by atoms with van der Waals surface area (Å²) in [4.78, 5) is 14.2. The van der Waals surface area contributed by atoms with E-state index in [1.807, 2.05) is 13.0 Å². The van der Waals surface area contributed by atoms with Crippen LogP contribution in [0.1, 0.15) is 16.1 Å². The van der Waals surface area contributed by atoms with Crippen LogP contribution in [0, 0.1) is 6.92 Å². The fraction of sp³-hybridized carbons (Fsp3) is 0.357. The highest BCUT2D eigenvalue weighted by molar-refractivity contribution is 6.31. The lowest BCUT2D eigenvalue weighted by Crippen LogP contribution is -2.40. The molecule has 1 aromatic carbocycles. The lowest BCUT2D eigenvalue weighted by Gasteiger charge is -2.26. The van der Waals surface area contributed by atoms with Gasteiger partial charge in [-0.05, 0) is 25.1 Å². The summed E-state index contributed by atoms with van der Waals surface area (Å²) in [7, 11) is 0. The molecule has 100 valence electrons. The van der Waals surface area contributed by atoms with E-state index < -0.39 is 0 Å². The van der Waals surface area contributed by atoms with Gasteiger partial charge in [0.25, 0.3) is 5.91 Å². The molecule has 0 N–H and O–H groups in total. The number of furan rings is 1. The lowest BCUT2D eigenvalue weighted by molar-refractivity contribution is 0.0283. The van der Waals surface area contributed by atoms with Gasteiger partial charge in [0.05, 0.1) is 13.2 Å². The molecule has 0 spiro atoms. The number of halogens is 1. The molecule has 2 heterocycles. The van der Waals surface area contributed by atoms with Crippen molar-refractivity contribution in [1.82, 2.24) is 4.90 Å². The van der Waals surface area contributed by atoms with E-state index in [1.54, 1.807) is 17.0 Å². The Hall–Kier alpha value is -1.52.